The maximum atomic E-state index is 10.9. The van der Waals surface area contributed by atoms with Gasteiger partial charge in [0, 0.05) is 37.2 Å². The maximum Gasteiger partial charge on any atom is 0.318 e. The summed E-state index contributed by atoms with van der Waals surface area (Å²) >= 11 is 10.7. The third kappa shape index (κ3) is 9.42. The summed E-state index contributed by atoms with van der Waals surface area (Å²) in [5.41, 5.74) is 0. The van der Waals surface area contributed by atoms with Gasteiger partial charge in [0.25, 0.3) is 0 Å². The number of urea groups is 2. The molecule has 0 saturated carbocycles. The summed E-state index contributed by atoms with van der Waals surface area (Å²) in [4.78, 5) is 21.9. The van der Waals surface area contributed by atoms with Crippen LogP contribution in [0.2, 0.25) is 0 Å². The molecule has 8 heteroatoms. The van der Waals surface area contributed by atoms with Crippen molar-refractivity contribution >= 4 is 35.3 Å². The fraction of sp³-hybridized carbons (Fsp3) is 0.500. The topological polar surface area (TPSA) is 82.3 Å². The van der Waals surface area contributed by atoms with E-state index in [2.05, 4.69) is 21.3 Å². The normalized spacial score (nSPS) is 9.88. The first-order valence-electron chi connectivity index (χ1n) is 4.56. The second-order valence-corrected chi connectivity index (χ2v) is 3.27. The molecule has 0 saturated heterocycles. The van der Waals surface area contributed by atoms with Crippen molar-refractivity contribution in [1.82, 2.24) is 21.3 Å². The van der Waals surface area contributed by atoms with Gasteiger partial charge in [-0.25, -0.2) is 9.59 Å². The van der Waals surface area contributed by atoms with Gasteiger partial charge in [0.05, 0.1) is 0 Å². The fourth-order valence-electron chi connectivity index (χ4n) is 0.658. The third-order valence-corrected chi connectivity index (χ3v) is 1.65. The summed E-state index contributed by atoms with van der Waals surface area (Å²) in [7, 11) is 0. The first-order valence-corrected chi connectivity index (χ1v) is 5.63. The van der Waals surface area contributed by atoms with Crippen molar-refractivity contribution in [2.45, 2.75) is 0 Å². The predicted molar refractivity (Wildman–Crippen MR) is 63.6 cm³/mol. The van der Waals surface area contributed by atoms with Crippen LogP contribution in [0.1, 0.15) is 0 Å². The van der Waals surface area contributed by atoms with Crippen LogP contribution in [0.4, 0.5) is 9.59 Å². The molecular formula is C8H14Cl2N4O2. The molecular weight excluding hydrogens is 255 g/mol. The molecule has 0 bridgehead atoms. The van der Waals surface area contributed by atoms with E-state index in [0.717, 1.165) is 0 Å². The van der Waals surface area contributed by atoms with Gasteiger partial charge in [-0.1, -0.05) is 0 Å². The van der Waals surface area contributed by atoms with E-state index in [1.165, 1.54) is 12.4 Å². The molecule has 0 aliphatic rings. The zero-order valence-electron chi connectivity index (χ0n) is 8.56. The van der Waals surface area contributed by atoms with Crippen LogP contribution in [0.15, 0.2) is 12.4 Å². The Morgan fingerprint density at radius 3 is 1.56 bits per heavy atom. The number of amides is 4. The van der Waals surface area contributed by atoms with Gasteiger partial charge < -0.3 is 21.3 Å². The van der Waals surface area contributed by atoms with Crippen LogP contribution < -0.4 is 21.3 Å². The quantitative estimate of drug-likeness (QED) is 0.531. The van der Waals surface area contributed by atoms with E-state index in [1.807, 2.05) is 0 Å². The molecule has 0 radical (unpaired) electrons. The Balaban J connectivity index is 3.53. The van der Waals surface area contributed by atoms with Gasteiger partial charge >= 0.3 is 12.1 Å². The van der Waals surface area contributed by atoms with E-state index in [-0.39, 0.29) is 12.1 Å². The SMILES string of the molecule is O=C(NC=CNC(=O)NCCCl)NCCCl. The van der Waals surface area contributed by atoms with Crippen LogP contribution >= 0.6 is 23.2 Å². The van der Waals surface area contributed by atoms with E-state index in [4.69, 9.17) is 23.2 Å². The zero-order chi connectivity index (χ0) is 12.2. The molecule has 0 spiro atoms. The van der Waals surface area contributed by atoms with Crippen LogP contribution in [0.25, 0.3) is 0 Å². The minimum Gasteiger partial charge on any atom is -0.337 e. The molecule has 6 nitrogen and oxygen atoms in total. The lowest BCUT2D eigenvalue weighted by atomic mass is 10.7. The van der Waals surface area contributed by atoms with Crippen molar-refractivity contribution in [3.63, 3.8) is 0 Å². The van der Waals surface area contributed by atoms with E-state index in [0.29, 0.717) is 24.8 Å². The first kappa shape index (κ1) is 14.9. The number of hydrogen-bond acceptors (Lipinski definition) is 2. The molecule has 16 heavy (non-hydrogen) atoms. The minimum absolute atomic E-state index is 0.343. The van der Waals surface area contributed by atoms with Gasteiger partial charge in [-0.3, -0.25) is 0 Å². The average Bonchev–Trinajstić information content (AvgIpc) is 2.29. The highest BCUT2D eigenvalue weighted by molar-refractivity contribution is 6.18. The molecule has 92 valence electrons. The molecule has 0 atom stereocenters. The highest BCUT2D eigenvalue weighted by Gasteiger charge is 1.95. The molecule has 0 aromatic heterocycles. The Bertz CT molecular complexity index is 224. The van der Waals surface area contributed by atoms with Crippen molar-refractivity contribution in [3.05, 3.63) is 12.4 Å². The van der Waals surface area contributed by atoms with Crippen LogP contribution in [-0.4, -0.2) is 36.9 Å². The van der Waals surface area contributed by atoms with E-state index in [9.17, 15) is 9.59 Å². The molecule has 0 aliphatic carbocycles. The predicted octanol–water partition coefficient (Wildman–Crippen LogP) is 0.534. The highest BCUT2D eigenvalue weighted by atomic mass is 35.5. The summed E-state index contributed by atoms with van der Waals surface area (Å²) in [5, 5.41) is 9.69. The summed E-state index contributed by atoms with van der Waals surface area (Å²) in [5.74, 6) is 0.687. The van der Waals surface area contributed by atoms with Gasteiger partial charge in [0.2, 0.25) is 0 Å². The van der Waals surface area contributed by atoms with Crippen molar-refractivity contribution in [2.24, 2.45) is 0 Å². The average molecular weight is 269 g/mol. The van der Waals surface area contributed by atoms with Gasteiger partial charge in [-0.05, 0) is 0 Å². The van der Waals surface area contributed by atoms with Gasteiger partial charge in [-0.2, -0.15) is 0 Å². The number of carbonyl (C=O) groups is 2. The summed E-state index contributed by atoms with van der Waals surface area (Å²) in [6.07, 6.45) is 2.59. The standard InChI is InChI=1S/C8H14Cl2N4O2/c9-1-3-11-7(15)13-5-6-14-8(16)12-4-2-10/h5-6H,1-4H2,(H2,11,13,15)(H2,12,14,16). The second-order valence-electron chi connectivity index (χ2n) is 2.51. The Morgan fingerprint density at radius 1 is 0.875 bits per heavy atom. The van der Waals surface area contributed by atoms with Gasteiger partial charge in [0.15, 0.2) is 0 Å². The zero-order valence-corrected chi connectivity index (χ0v) is 10.1. The fourth-order valence-corrected chi connectivity index (χ4v) is 0.847. The third-order valence-electron chi connectivity index (χ3n) is 1.27. The molecule has 0 heterocycles. The molecule has 4 amide bonds. The first-order chi connectivity index (χ1) is 7.70. The van der Waals surface area contributed by atoms with E-state index >= 15 is 0 Å². The maximum absolute atomic E-state index is 10.9. The van der Waals surface area contributed by atoms with Gasteiger partial charge in [-0.15, -0.1) is 23.2 Å². The Labute approximate surface area is 104 Å². The van der Waals surface area contributed by atoms with E-state index < -0.39 is 0 Å². The van der Waals surface area contributed by atoms with Gasteiger partial charge in [0.1, 0.15) is 0 Å². The number of rotatable bonds is 6. The van der Waals surface area contributed by atoms with Crippen molar-refractivity contribution in [1.29, 1.82) is 0 Å². The molecule has 4 N–H and O–H groups in total. The lowest BCUT2D eigenvalue weighted by molar-refractivity contribution is 0.243. The smallest absolute Gasteiger partial charge is 0.318 e. The van der Waals surface area contributed by atoms with Crippen molar-refractivity contribution < 1.29 is 9.59 Å². The molecule has 0 fully saturated rings. The van der Waals surface area contributed by atoms with E-state index in [1.54, 1.807) is 0 Å². The lowest BCUT2D eigenvalue weighted by Gasteiger charge is -2.02. The summed E-state index contributed by atoms with van der Waals surface area (Å²) in [6, 6.07) is -0.778. The number of alkyl halides is 2. The second kappa shape index (κ2) is 10.4. The monoisotopic (exact) mass is 268 g/mol. The van der Waals surface area contributed by atoms with Crippen molar-refractivity contribution in [2.75, 3.05) is 24.8 Å². The number of hydrogen-bond donors (Lipinski definition) is 4. The largest absolute Gasteiger partial charge is 0.337 e. The number of nitrogens with one attached hydrogen (secondary N) is 4. The van der Waals surface area contributed by atoms with Crippen molar-refractivity contribution in [3.8, 4) is 0 Å². The minimum atomic E-state index is -0.389. The number of halogens is 2. The molecule has 0 rings (SSSR count). The van der Waals surface area contributed by atoms with Crippen LogP contribution in [-0.2, 0) is 0 Å². The number of carbonyl (C=O) groups excluding carboxylic acids is 2. The van der Waals surface area contributed by atoms with Crippen LogP contribution in [0.3, 0.4) is 0 Å². The molecule has 0 aliphatic heterocycles. The Hall–Kier alpha value is -1.14. The summed E-state index contributed by atoms with van der Waals surface area (Å²) < 4.78 is 0. The molecule has 0 aromatic carbocycles. The molecule has 0 aromatic rings. The highest BCUT2D eigenvalue weighted by Crippen LogP contribution is 1.73. The van der Waals surface area contributed by atoms with Crippen LogP contribution in [0, 0.1) is 0 Å². The van der Waals surface area contributed by atoms with Crippen LogP contribution in [0.5, 0.6) is 0 Å². The Kier molecular flexibility index (Phi) is 9.64. The molecule has 0 unspecified atom stereocenters. The Morgan fingerprint density at radius 2 is 1.25 bits per heavy atom. The lowest BCUT2D eigenvalue weighted by Crippen LogP contribution is -2.35. The summed E-state index contributed by atoms with van der Waals surface area (Å²) in [6.45, 7) is 0.760.